The average Bonchev–Trinajstić information content (AvgIpc) is 2.40. The van der Waals surface area contributed by atoms with Crippen LogP contribution in [0.5, 0.6) is 5.75 Å². The Bertz CT molecular complexity index is 595. The minimum absolute atomic E-state index is 0.112. The number of ketones is 1. The number of carbonyl (C=O) groups is 1. The molecule has 0 radical (unpaired) electrons. The van der Waals surface area contributed by atoms with Crippen LogP contribution in [0.4, 0.5) is 11.4 Å². The van der Waals surface area contributed by atoms with Gasteiger partial charge in [-0.05, 0) is 18.6 Å². The first-order valence-corrected chi connectivity index (χ1v) is 5.94. The van der Waals surface area contributed by atoms with Crippen molar-refractivity contribution in [2.75, 3.05) is 11.5 Å². The van der Waals surface area contributed by atoms with Gasteiger partial charge in [0, 0.05) is 17.3 Å². The predicted molar refractivity (Wildman–Crippen MR) is 76.0 cm³/mol. The summed E-state index contributed by atoms with van der Waals surface area (Å²) < 4.78 is 5.62. The Morgan fingerprint density at radius 2 is 1.79 bits per heavy atom. The van der Waals surface area contributed by atoms with Crippen LogP contribution in [0.3, 0.4) is 0 Å². The lowest BCUT2D eigenvalue weighted by molar-refractivity contribution is 0.101. The molecule has 2 aromatic rings. The van der Waals surface area contributed by atoms with E-state index in [0.717, 1.165) is 5.56 Å². The first kappa shape index (κ1) is 13.0. The van der Waals surface area contributed by atoms with Gasteiger partial charge in [0.05, 0.1) is 5.69 Å². The van der Waals surface area contributed by atoms with E-state index in [9.17, 15) is 4.79 Å². The van der Waals surface area contributed by atoms with Crippen LogP contribution in [-0.2, 0) is 6.61 Å². The molecule has 4 heteroatoms. The number of ether oxygens (including phenoxy) is 1. The van der Waals surface area contributed by atoms with Gasteiger partial charge >= 0.3 is 0 Å². The Labute approximate surface area is 112 Å². The fourth-order valence-corrected chi connectivity index (χ4v) is 1.78. The van der Waals surface area contributed by atoms with E-state index >= 15 is 0 Å². The molecule has 0 aliphatic rings. The minimum Gasteiger partial charge on any atom is -0.487 e. The van der Waals surface area contributed by atoms with Gasteiger partial charge in [-0.2, -0.15) is 0 Å². The Morgan fingerprint density at radius 3 is 2.42 bits per heavy atom. The first-order valence-electron chi connectivity index (χ1n) is 5.94. The van der Waals surface area contributed by atoms with Gasteiger partial charge in [-0.3, -0.25) is 4.79 Å². The molecule has 0 amide bonds. The molecule has 0 saturated heterocycles. The van der Waals surface area contributed by atoms with Gasteiger partial charge in [-0.1, -0.05) is 30.3 Å². The van der Waals surface area contributed by atoms with Crippen LogP contribution < -0.4 is 16.2 Å². The lowest BCUT2D eigenvalue weighted by atomic mass is 10.1. The standard InChI is InChI=1S/C15H16N2O2/c1-10(18)12-7-14(17)15(8-13(12)16)19-9-11-5-3-2-4-6-11/h2-8H,9,16-17H2,1H3. The molecule has 4 nitrogen and oxygen atoms in total. The number of carbonyl (C=O) groups excluding carboxylic acids is 1. The number of hydrogen-bond donors (Lipinski definition) is 2. The van der Waals surface area contributed by atoms with Crippen LogP contribution in [0, 0.1) is 0 Å². The molecule has 0 fully saturated rings. The van der Waals surface area contributed by atoms with Crippen molar-refractivity contribution in [2.24, 2.45) is 0 Å². The minimum atomic E-state index is -0.112. The second-order valence-corrected chi connectivity index (χ2v) is 4.31. The van der Waals surface area contributed by atoms with Gasteiger partial charge in [0.1, 0.15) is 12.4 Å². The number of rotatable bonds is 4. The molecule has 0 spiro atoms. The molecular weight excluding hydrogens is 240 g/mol. The average molecular weight is 256 g/mol. The van der Waals surface area contributed by atoms with Crippen molar-refractivity contribution >= 4 is 17.2 Å². The molecule has 2 aromatic carbocycles. The zero-order valence-corrected chi connectivity index (χ0v) is 10.7. The van der Waals surface area contributed by atoms with Crippen LogP contribution in [0.1, 0.15) is 22.8 Å². The van der Waals surface area contributed by atoms with Crippen LogP contribution in [0.15, 0.2) is 42.5 Å². The first-order chi connectivity index (χ1) is 9.08. The van der Waals surface area contributed by atoms with E-state index in [1.165, 1.54) is 6.92 Å². The Kier molecular flexibility index (Phi) is 3.71. The summed E-state index contributed by atoms with van der Waals surface area (Å²) in [6, 6.07) is 12.9. The highest BCUT2D eigenvalue weighted by Crippen LogP contribution is 2.28. The molecule has 0 aromatic heterocycles. The number of Topliss-reactive ketones (excluding diaryl/α,β-unsaturated/α-hetero) is 1. The Balaban J connectivity index is 2.17. The molecule has 0 saturated carbocycles. The van der Waals surface area contributed by atoms with Gasteiger partial charge in [-0.25, -0.2) is 0 Å². The zero-order chi connectivity index (χ0) is 13.8. The van der Waals surface area contributed by atoms with E-state index in [4.69, 9.17) is 16.2 Å². The van der Waals surface area contributed by atoms with E-state index in [1.54, 1.807) is 12.1 Å². The molecular formula is C15H16N2O2. The molecule has 0 aliphatic heterocycles. The van der Waals surface area contributed by atoms with Crippen molar-refractivity contribution in [3.8, 4) is 5.75 Å². The van der Waals surface area contributed by atoms with Crippen LogP contribution in [0.25, 0.3) is 0 Å². The summed E-state index contributed by atoms with van der Waals surface area (Å²) in [7, 11) is 0. The normalized spacial score (nSPS) is 10.2. The summed E-state index contributed by atoms with van der Waals surface area (Å²) in [5.41, 5.74) is 13.9. The van der Waals surface area contributed by atoms with Gasteiger partial charge in [0.2, 0.25) is 0 Å². The lowest BCUT2D eigenvalue weighted by Gasteiger charge is -2.11. The maximum absolute atomic E-state index is 11.3. The fourth-order valence-electron chi connectivity index (χ4n) is 1.78. The Hall–Kier alpha value is -2.49. The smallest absolute Gasteiger partial charge is 0.161 e. The second-order valence-electron chi connectivity index (χ2n) is 4.31. The van der Waals surface area contributed by atoms with Crippen molar-refractivity contribution in [2.45, 2.75) is 13.5 Å². The van der Waals surface area contributed by atoms with Crippen molar-refractivity contribution in [3.05, 3.63) is 53.6 Å². The summed E-state index contributed by atoms with van der Waals surface area (Å²) in [4.78, 5) is 11.3. The van der Waals surface area contributed by atoms with Crippen molar-refractivity contribution in [1.82, 2.24) is 0 Å². The maximum Gasteiger partial charge on any atom is 0.161 e. The SMILES string of the molecule is CC(=O)c1cc(N)c(OCc2ccccc2)cc1N. The molecule has 0 heterocycles. The van der Waals surface area contributed by atoms with E-state index in [-0.39, 0.29) is 5.78 Å². The molecule has 0 bridgehead atoms. The molecule has 4 N–H and O–H groups in total. The maximum atomic E-state index is 11.3. The number of nitrogens with two attached hydrogens (primary N) is 2. The quantitative estimate of drug-likeness (QED) is 0.651. The highest BCUT2D eigenvalue weighted by atomic mass is 16.5. The van der Waals surface area contributed by atoms with Crippen LogP contribution in [0.2, 0.25) is 0 Å². The van der Waals surface area contributed by atoms with Crippen molar-refractivity contribution in [3.63, 3.8) is 0 Å². The van der Waals surface area contributed by atoms with Gasteiger partial charge in [0.25, 0.3) is 0 Å². The summed E-state index contributed by atoms with van der Waals surface area (Å²) >= 11 is 0. The third-order valence-electron chi connectivity index (χ3n) is 2.80. The molecule has 2 rings (SSSR count). The number of benzene rings is 2. The topological polar surface area (TPSA) is 78.3 Å². The molecule has 98 valence electrons. The monoisotopic (exact) mass is 256 g/mol. The Morgan fingerprint density at radius 1 is 1.11 bits per heavy atom. The third-order valence-corrected chi connectivity index (χ3v) is 2.80. The van der Waals surface area contributed by atoms with Crippen molar-refractivity contribution in [1.29, 1.82) is 0 Å². The van der Waals surface area contributed by atoms with E-state index in [1.807, 2.05) is 30.3 Å². The lowest BCUT2D eigenvalue weighted by Crippen LogP contribution is -2.04. The highest BCUT2D eigenvalue weighted by molar-refractivity contribution is 6.00. The number of anilines is 2. The summed E-state index contributed by atoms with van der Waals surface area (Å²) in [5.74, 6) is 0.380. The second kappa shape index (κ2) is 5.44. The molecule has 19 heavy (non-hydrogen) atoms. The van der Waals surface area contributed by atoms with E-state index < -0.39 is 0 Å². The largest absolute Gasteiger partial charge is 0.487 e. The van der Waals surface area contributed by atoms with Gasteiger partial charge < -0.3 is 16.2 Å². The highest BCUT2D eigenvalue weighted by Gasteiger charge is 2.10. The molecule has 0 atom stereocenters. The fraction of sp³-hybridized carbons (Fsp3) is 0.133. The van der Waals surface area contributed by atoms with Gasteiger partial charge in [0.15, 0.2) is 5.78 Å². The third kappa shape index (κ3) is 3.04. The van der Waals surface area contributed by atoms with Crippen LogP contribution in [-0.4, -0.2) is 5.78 Å². The van der Waals surface area contributed by atoms with Crippen LogP contribution >= 0.6 is 0 Å². The predicted octanol–water partition coefficient (Wildman–Crippen LogP) is 2.63. The summed E-state index contributed by atoms with van der Waals surface area (Å²) in [6.07, 6.45) is 0. The zero-order valence-electron chi connectivity index (χ0n) is 10.7. The summed E-state index contributed by atoms with van der Waals surface area (Å²) in [6.45, 7) is 1.86. The van der Waals surface area contributed by atoms with Gasteiger partial charge in [-0.15, -0.1) is 0 Å². The summed E-state index contributed by atoms with van der Waals surface area (Å²) in [5, 5.41) is 0. The number of nitrogen functional groups attached to an aromatic ring is 2. The van der Waals surface area contributed by atoms with E-state index in [2.05, 4.69) is 0 Å². The van der Waals surface area contributed by atoms with Crippen molar-refractivity contribution < 1.29 is 9.53 Å². The number of hydrogen-bond acceptors (Lipinski definition) is 4. The molecule has 0 unspecified atom stereocenters. The molecule has 0 aliphatic carbocycles. The van der Waals surface area contributed by atoms with E-state index in [0.29, 0.717) is 29.3 Å².